The zero-order valence-electron chi connectivity index (χ0n) is 10.7. The molecule has 106 valence electrons. The Morgan fingerprint density at radius 2 is 1.85 bits per heavy atom. The van der Waals surface area contributed by atoms with Crippen LogP contribution < -0.4 is 14.9 Å². The lowest BCUT2D eigenvalue weighted by Gasteiger charge is -2.17. The predicted octanol–water partition coefficient (Wildman–Crippen LogP) is 0.989. The van der Waals surface area contributed by atoms with Crippen molar-refractivity contribution in [2.45, 2.75) is 25.7 Å². The quantitative estimate of drug-likeness (QED) is 0.862. The molecule has 0 aliphatic heterocycles. The molecule has 0 amide bonds. The zero-order chi connectivity index (χ0) is 14.3. The summed E-state index contributed by atoms with van der Waals surface area (Å²) in [6.45, 7) is 0. The normalized spacial score (nSPS) is 15.1. The van der Waals surface area contributed by atoms with Gasteiger partial charge in [-0.3, -0.25) is 4.79 Å². The molecule has 1 aromatic heterocycles. The van der Waals surface area contributed by atoms with Gasteiger partial charge in [0.1, 0.15) is 5.75 Å². The molecule has 1 aliphatic carbocycles. The number of pyridine rings is 1. The lowest BCUT2D eigenvalue weighted by molar-refractivity contribution is 0.488. The first kappa shape index (κ1) is 13.1. The number of benzene rings is 1. The number of aromatic amines is 1. The molecule has 0 radical (unpaired) electrons. The molecule has 7 heteroatoms. The van der Waals surface area contributed by atoms with Crippen LogP contribution in [0.4, 0.5) is 0 Å². The van der Waals surface area contributed by atoms with Crippen LogP contribution in [0.25, 0.3) is 10.9 Å². The van der Waals surface area contributed by atoms with Crippen LogP contribution in [0.15, 0.2) is 23.0 Å². The van der Waals surface area contributed by atoms with E-state index in [1.165, 1.54) is 6.07 Å². The predicted molar refractivity (Wildman–Crippen MR) is 74.9 cm³/mol. The molecule has 0 fully saturated rings. The van der Waals surface area contributed by atoms with Crippen molar-refractivity contribution in [1.82, 2.24) is 4.98 Å². The van der Waals surface area contributed by atoms with E-state index in [9.17, 15) is 13.2 Å². The summed E-state index contributed by atoms with van der Waals surface area (Å²) in [5, 5.41) is 5.76. The topological polar surface area (TPSA) is 102 Å². The van der Waals surface area contributed by atoms with Gasteiger partial charge in [-0.05, 0) is 43.4 Å². The van der Waals surface area contributed by atoms with Gasteiger partial charge in [-0.15, -0.1) is 0 Å². The smallest absolute Gasteiger partial charge is 0.371 e. The number of hydrogen-bond donors (Lipinski definition) is 2. The van der Waals surface area contributed by atoms with Gasteiger partial charge in [0.15, 0.2) is 0 Å². The number of rotatable bonds is 2. The number of H-pyrrole nitrogens is 1. The van der Waals surface area contributed by atoms with Crippen molar-refractivity contribution >= 4 is 21.2 Å². The van der Waals surface area contributed by atoms with Crippen LogP contribution >= 0.6 is 0 Å². The van der Waals surface area contributed by atoms with Gasteiger partial charge < -0.3 is 9.17 Å². The van der Waals surface area contributed by atoms with Gasteiger partial charge >= 0.3 is 10.3 Å². The Bertz CT molecular complexity index is 839. The van der Waals surface area contributed by atoms with Crippen LogP contribution in [0, 0.1) is 0 Å². The van der Waals surface area contributed by atoms with E-state index in [0.717, 1.165) is 42.2 Å². The monoisotopic (exact) mass is 294 g/mol. The van der Waals surface area contributed by atoms with Crippen LogP contribution in [-0.2, 0) is 23.1 Å². The molecule has 0 saturated carbocycles. The lowest BCUT2D eigenvalue weighted by atomic mass is 9.90. The molecule has 3 N–H and O–H groups in total. The summed E-state index contributed by atoms with van der Waals surface area (Å²) < 4.78 is 26.5. The Kier molecular flexibility index (Phi) is 3.02. The molecule has 0 saturated heterocycles. The summed E-state index contributed by atoms with van der Waals surface area (Å²) in [5.41, 5.74) is 2.35. The Morgan fingerprint density at radius 3 is 2.55 bits per heavy atom. The minimum absolute atomic E-state index is 0.0893. The van der Waals surface area contributed by atoms with Crippen molar-refractivity contribution in [3.8, 4) is 5.75 Å². The molecule has 1 aliphatic rings. The summed E-state index contributed by atoms with van der Waals surface area (Å²) in [6, 6.07) is 4.78. The van der Waals surface area contributed by atoms with Gasteiger partial charge in [0, 0.05) is 17.0 Å². The second-order valence-electron chi connectivity index (χ2n) is 4.90. The summed E-state index contributed by atoms with van der Waals surface area (Å²) in [7, 11) is -4.07. The Morgan fingerprint density at radius 1 is 1.15 bits per heavy atom. The van der Waals surface area contributed by atoms with Crippen molar-refractivity contribution in [1.29, 1.82) is 0 Å². The SMILES string of the molecule is NS(=O)(=O)Oc1ccc2c3c(c(=O)[nH]c2c1)CCCC3. The second-order valence-corrected chi connectivity index (χ2v) is 6.05. The second kappa shape index (κ2) is 4.60. The largest absolute Gasteiger partial charge is 0.380 e. The van der Waals surface area contributed by atoms with E-state index in [-0.39, 0.29) is 11.3 Å². The maximum Gasteiger partial charge on any atom is 0.380 e. The number of aryl methyl sites for hydroxylation is 1. The first-order valence-corrected chi connectivity index (χ1v) is 7.81. The van der Waals surface area contributed by atoms with Crippen LogP contribution in [0.5, 0.6) is 5.75 Å². The number of hydrogen-bond acceptors (Lipinski definition) is 4. The van der Waals surface area contributed by atoms with E-state index in [1.54, 1.807) is 12.1 Å². The van der Waals surface area contributed by atoms with Gasteiger partial charge in [0.2, 0.25) is 0 Å². The third-order valence-corrected chi connectivity index (χ3v) is 3.94. The van der Waals surface area contributed by atoms with E-state index in [4.69, 9.17) is 5.14 Å². The molecule has 2 aromatic rings. The number of nitrogens with two attached hydrogens (primary N) is 1. The summed E-state index contributed by atoms with van der Waals surface area (Å²) >= 11 is 0. The lowest BCUT2D eigenvalue weighted by Crippen LogP contribution is -2.20. The van der Waals surface area contributed by atoms with Crippen LogP contribution in [0.2, 0.25) is 0 Å². The van der Waals surface area contributed by atoms with E-state index in [2.05, 4.69) is 9.17 Å². The van der Waals surface area contributed by atoms with Crippen LogP contribution in [0.1, 0.15) is 24.0 Å². The minimum atomic E-state index is -4.07. The van der Waals surface area contributed by atoms with Gasteiger partial charge in [0.05, 0.1) is 5.52 Å². The summed E-state index contributed by atoms with van der Waals surface area (Å²) in [4.78, 5) is 14.8. The number of aromatic nitrogens is 1. The Labute approximate surface area is 115 Å². The van der Waals surface area contributed by atoms with Crippen molar-refractivity contribution in [2.75, 3.05) is 0 Å². The molecule has 6 nitrogen and oxygen atoms in total. The van der Waals surface area contributed by atoms with Crippen molar-refractivity contribution < 1.29 is 12.6 Å². The molecule has 3 rings (SSSR count). The van der Waals surface area contributed by atoms with Crippen LogP contribution in [-0.4, -0.2) is 13.4 Å². The minimum Gasteiger partial charge on any atom is -0.371 e. The third-order valence-electron chi connectivity index (χ3n) is 3.52. The highest BCUT2D eigenvalue weighted by atomic mass is 32.2. The van der Waals surface area contributed by atoms with Crippen LogP contribution in [0.3, 0.4) is 0 Å². The molecule has 1 heterocycles. The fourth-order valence-electron chi connectivity index (χ4n) is 2.73. The highest BCUT2D eigenvalue weighted by Crippen LogP contribution is 2.27. The maximum absolute atomic E-state index is 12.0. The standard InChI is InChI=1S/C13H14N2O4S/c14-20(17,18)19-8-5-6-10-9-3-1-2-4-11(9)13(16)15-12(10)7-8/h5-7H,1-4H2,(H,15,16)(H2,14,17,18). The molecule has 0 spiro atoms. The van der Waals surface area contributed by atoms with Gasteiger partial charge in [-0.2, -0.15) is 13.6 Å². The molecule has 1 aromatic carbocycles. The molecular formula is C13H14N2O4S. The molecule has 0 unspecified atom stereocenters. The first-order chi connectivity index (χ1) is 9.44. The molecule has 20 heavy (non-hydrogen) atoms. The fourth-order valence-corrected chi connectivity index (χ4v) is 3.10. The number of fused-ring (bicyclic) bond motifs is 3. The van der Waals surface area contributed by atoms with Gasteiger partial charge in [0.25, 0.3) is 5.56 Å². The number of nitrogens with one attached hydrogen (secondary N) is 1. The highest BCUT2D eigenvalue weighted by Gasteiger charge is 2.17. The van der Waals surface area contributed by atoms with Gasteiger partial charge in [-0.25, -0.2) is 0 Å². The highest BCUT2D eigenvalue weighted by molar-refractivity contribution is 7.84. The zero-order valence-corrected chi connectivity index (χ0v) is 11.5. The average Bonchev–Trinajstić information content (AvgIpc) is 2.37. The molecular weight excluding hydrogens is 280 g/mol. The fraction of sp³-hybridized carbons (Fsp3) is 0.308. The Balaban J connectivity index is 2.19. The third kappa shape index (κ3) is 2.41. The summed E-state index contributed by atoms with van der Waals surface area (Å²) in [6.07, 6.45) is 3.73. The van der Waals surface area contributed by atoms with E-state index in [0.29, 0.717) is 5.52 Å². The van der Waals surface area contributed by atoms with E-state index >= 15 is 0 Å². The Hall–Kier alpha value is -1.86. The van der Waals surface area contributed by atoms with E-state index in [1.807, 2.05) is 0 Å². The van der Waals surface area contributed by atoms with Crippen molar-refractivity contribution in [3.05, 3.63) is 39.7 Å². The molecule has 0 bridgehead atoms. The molecule has 0 atom stereocenters. The summed E-state index contributed by atoms with van der Waals surface area (Å²) in [5.74, 6) is 0.0893. The van der Waals surface area contributed by atoms with E-state index < -0.39 is 10.3 Å². The first-order valence-electron chi connectivity index (χ1n) is 6.34. The van der Waals surface area contributed by atoms with Crippen molar-refractivity contribution in [2.24, 2.45) is 5.14 Å². The maximum atomic E-state index is 12.0. The van der Waals surface area contributed by atoms with Crippen molar-refractivity contribution in [3.63, 3.8) is 0 Å². The average molecular weight is 294 g/mol. The van der Waals surface area contributed by atoms with Gasteiger partial charge in [-0.1, -0.05) is 0 Å².